The molecule has 0 bridgehead atoms. The number of nitro groups is 1. The SMILES string of the molecule is Cc1cc2c(N3CCC(Oc4ccc([N+](=O)[O-])cc4)CC3)nccn2n1. The minimum atomic E-state index is -0.409. The standard InChI is InChI=1S/C18H19N5O3/c1-13-12-17-18(19-8-11-22(17)20-13)21-9-6-16(7-10-21)26-15-4-2-14(3-5-15)23(24)25/h2-5,8,11-12,16H,6-7,9-10H2,1H3. The van der Waals surface area contributed by atoms with Gasteiger partial charge in [0.15, 0.2) is 5.82 Å². The molecule has 2 aromatic heterocycles. The lowest BCUT2D eigenvalue weighted by atomic mass is 10.1. The number of ether oxygens (including phenoxy) is 1. The van der Waals surface area contributed by atoms with Gasteiger partial charge in [-0.25, -0.2) is 9.50 Å². The van der Waals surface area contributed by atoms with Gasteiger partial charge in [-0.3, -0.25) is 10.1 Å². The van der Waals surface area contributed by atoms with Gasteiger partial charge in [-0.05, 0) is 25.1 Å². The summed E-state index contributed by atoms with van der Waals surface area (Å²) < 4.78 is 7.84. The van der Waals surface area contributed by atoms with Crippen LogP contribution in [0.3, 0.4) is 0 Å². The van der Waals surface area contributed by atoms with Crippen molar-refractivity contribution in [2.24, 2.45) is 0 Å². The molecule has 0 radical (unpaired) electrons. The van der Waals surface area contributed by atoms with Crippen molar-refractivity contribution < 1.29 is 9.66 Å². The lowest BCUT2D eigenvalue weighted by Crippen LogP contribution is -2.38. The molecule has 0 aliphatic carbocycles. The summed E-state index contributed by atoms with van der Waals surface area (Å²) in [4.78, 5) is 17.1. The van der Waals surface area contributed by atoms with E-state index in [1.165, 1.54) is 12.1 Å². The van der Waals surface area contributed by atoms with Crippen molar-refractivity contribution in [3.63, 3.8) is 0 Å². The molecule has 3 aromatic rings. The number of piperidine rings is 1. The molecule has 0 saturated carbocycles. The van der Waals surface area contributed by atoms with Crippen LogP contribution < -0.4 is 9.64 Å². The number of fused-ring (bicyclic) bond motifs is 1. The summed E-state index contributed by atoms with van der Waals surface area (Å²) >= 11 is 0. The monoisotopic (exact) mass is 353 g/mol. The Morgan fingerprint density at radius 2 is 1.96 bits per heavy atom. The van der Waals surface area contributed by atoms with Gasteiger partial charge in [0, 0.05) is 50.5 Å². The smallest absolute Gasteiger partial charge is 0.269 e. The highest BCUT2D eigenvalue weighted by Gasteiger charge is 2.23. The minimum absolute atomic E-state index is 0.0717. The quantitative estimate of drug-likeness (QED) is 0.529. The summed E-state index contributed by atoms with van der Waals surface area (Å²) in [5.74, 6) is 1.61. The Morgan fingerprint density at radius 3 is 2.65 bits per heavy atom. The average Bonchev–Trinajstić information content (AvgIpc) is 3.03. The van der Waals surface area contributed by atoms with E-state index in [1.807, 2.05) is 23.7 Å². The van der Waals surface area contributed by atoms with Crippen LogP contribution in [0.5, 0.6) is 5.75 Å². The summed E-state index contributed by atoms with van der Waals surface area (Å²) in [6, 6.07) is 8.29. The second kappa shape index (κ2) is 6.62. The topological polar surface area (TPSA) is 85.8 Å². The number of non-ortho nitro benzene ring substituents is 1. The van der Waals surface area contributed by atoms with E-state index >= 15 is 0 Å². The van der Waals surface area contributed by atoms with Gasteiger partial charge >= 0.3 is 0 Å². The van der Waals surface area contributed by atoms with Gasteiger partial charge in [0.05, 0.1) is 10.6 Å². The van der Waals surface area contributed by atoms with Crippen LogP contribution >= 0.6 is 0 Å². The first-order valence-electron chi connectivity index (χ1n) is 8.57. The van der Waals surface area contributed by atoms with E-state index in [-0.39, 0.29) is 11.8 Å². The fourth-order valence-electron chi connectivity index (χ4n) is 3.30. The minimum Gasteiger partial charge on any atom is -0.490 e. The molecule has 1 fully saturated rings. The number of hydrogen-bond acceptors (Lipinski definition) is 6. The van der Waals surface area contributed by atoms with E-state index in [9.17, 15) is 10.1 Å². The zero-order valence-corrected chi connectivity index (χ0v) is 14.4. The van der Waals surface area contributed by atoms with Gasteiger partial charge in [-0.2, -0.15) is 5.10 Å². The van der Waals surface area contributed by atoms with Crippen molar-refractivity contribution >= 4 is 17.0 Å². The van der Waals surface area contributed by atoms with E-state index in [0.29, 0.717) is 5.75 Å². The van der Waals surface area contributed by atoms with Gasteiger partial charge < -0.3 is 9.64 Å². The molecule has 0 unspecified atom stereocenters. The molecule has 0 N–H and O–H groups in total. The van der Waals surface area contributed by atoms with E-state index in [4.69, 9.17) is 4.74 Å². The summed E-state index contributed by atoms with van der Waals surface area (Å²) in [5, 5.41) is 15.2. The van der Waals surface area contributed by atoms with Crippen LogP contribution in [0, 0.1) is 17.0 Å². The molecule has 0 spiro atoms. The largest absolute Gasteiger partial charge is 0.490 e. The number of anilines is 1. The maximum absolute atomic E-state index is 10.7. The fraction of sp³-hybridized carbons (Fsp3) is 0.333. The van der Waals surface area contributed by atoms with Gasteiger partial charge in [-0.1, -0.05) is 0 Å². The molecule has 3 heterocycles. The van der Waals surface area contributed by atoms with Crippen LogP contribution in [0.2, 0.25) is 0 Å². The Bertz CT molecular complexity index is 930. The highest BCUT2D eigenvalue weighted by molar-refractivity contribution is 5.69. The van der Waals surface area contributed by atoms with E-state index in [2.05, 4.69) is 15.0 Å². The molecule has 8 nitrogen and oxygen atoms in total. The number of nitro benzene ring substituents is 1. The summed E-state index contributed by atoms with van der Waals surface area (Å²) in [6.45, 7) is 3.66. The molecule has 1 aliphatic heterocycles. The lowest BCUT2D eigenvalue weighted by Gasteiger charge is -2.33. The van der Waals surface area contributed by atoms with Gasteiger partial charge in [0.25, 0.3) is 5.69 Å². The molecule has 0 amide bonds. The van der Waals surface area contributed by atoms with Crippen molar-refractivity contribution in [3.8, 4) is 5.75 Å². The molecule has 1 aromatic carbocycles. The maximum atomic E-state index is 10.7. The zero-order chi connectivity index (χ0) is 18.1. The first-order valence-corrected chi connectivity index (χ1v) is 8.57. The normalized spacial score (nSPS) is 15.3. The summed E-state index contributed by atoms with van der Waals surface area (Å²) in [7, 11) is 0. The van der Waals surface area contributed by atoms with Gasteiger partial charge in [0.2, 0.25) is 0 Å². The third-order valence-corrected chi connectivity index (χ3v) is 4.58. The molecule has 134 valence electrons. The van der Waals surface area contributed by atoms with Crippen molar-refractivity contribution in [2.45, 2.75) is 25.9 Å². The Balaban J connectivity index is 1.41. The Kier molecular flexibility index (Phi) is 4.16. The molecule has 4 rings (SSSR count). The van der Waals surface area contributed by atoms with Gasteiger partial charge in [0.1, 0.15) is 17.4 Å². The molecular weight excluding hydrogens is 334 g/mol. The van der Waals surface area contributed by atoms with Crippen LogP contribution in [0.1, 0.15) is 18.5 Å². The van der Waals surface area contributed by atoms with Crippen LogP contribution in [-0.4, -0.2) is 38.7 Å². The number of aromatic nitrogens is 3. The third-order valence-electron chi connectivity index (χ3n) is 4.58. The molecule has 1 saturated heterocycles. The van der Waals surface area contributed by atoms with Crippen LogP contribution in [0.4, 0.5) is 11.5 Å². The second-order valence-corrected chi connectivity index (χ2v) is 6.42. The summed E-state index contributed by atoms with van der Waals surface area (Å²) in [5.41, 5.74) is 2.05. The molecule has 0 atom stereocenters. The van der Waals surface area contributed by atoms with Crippen LogP contribution in [0.25, 0.3) is 5.52 Å². The van der Waals surface area contributed by atoms with E-state index in [1.54, 1.807) is 18.3 Å². The molecular formula is C18H19N5O3. The molecule has 1 aliphatic rings. The fourth-order valence-corrected chi connectivity index (χ4v) is 3.30. The highest BCUT2D eigenvalue weighted by Crippen LogP contribution is 2.26. The Labute approximate surface area is 150 Å². The summed E-state index contributed by atoms with van der Waals surface area (Å²) in [6.07, 6.45) is 5.46. The Morgan fingerprint density at radius 1 is 1.23 bits per heavy atom. The number of aryl methyl sites for hydroxylation is 1. The van der Waals surface area contributed by atoms with Crippen molar-refractivity contribution in [3.05, 3.63) is 58.5 Å². The molecule has 26 heavy (non-hydrogen) atoms. The predicted molar refractivity (Wildman–Crippen MR) is 96.7 cm³/mol. The second-order valence-electron chi connectivity index (χ2n) is 6.42. The number of rotatable bonds is 4. The van der Waals surface area contributed by atoms with Crippen LogP contribution in [0.15, 0.2) is 42.7 Å². The number of benzene rings is 1. The van der Waals surface area contributed by atoms with Crippen molar-refractivity contribution in [2.75, 3.05) is 18.0 Å². The van der Waals surface area contributed by atoms with Crippen LogP contribution in [-0.2, 0) is 0 Å². The highest BCUT2D eigenvalue weighted by atomic mass is 16.6. The zero-order valence-electron chi connectivity index (χ0n) is 14.4. The van der Waals surface area contributed by atoms with E-state index < -0.39 is 4.92 Å². The number of nitrogens with zero attached hydrogens (tertiary/aromatic N) is 5. The lowest BCUT2D eigenvalue weighted by molar-refractivity contribution is -0.384. The molecule has 8 heteroatoms. The van der Waals surface area contributed by atoms with E-state index in [0.717, 1.165) is 43.0 Å². The third kappa shape index (κ3) is 3.17. The van der Waals surface area contributed by atoms with Gasteiger partial charge in [-0.15, -0.1) is 0 Å². The first kappa shape index (κ1) is 16.3. The average molecular weight is 353 g/mol. The first-order chi connectivity index (χ1) is 12.6. The number of hydrogen-bond donors (Lipinski definition) is 0. The Hall–Kier alpha value is -3.16. The predicted octanol–water partition coefficient (Wildman–Crippen LogP) is 2.99. The van der Waals surface area contributed by atoms with Crippen molar-refractivity contribution in [1.29, 1.82) is 0 Å². The van der Waals surface area contributed by atoms with Crippen molar-refractivity contribution in [1.82, 2.24) is 14.6 Å². The maximum Gasteiger partial charge on any atom is 0.269 e.